The standard InChI is InChI=1S/C34H53O/c1-14-31(6,7)25-18-24(19-26(20-25)32(8,9)15-2)23(5)28-21-27(33(10,11)16-3)22-29(30(28)35)34(12,13)17-4/h18,20-23,35H,14-17H2,1-13H3. The molecule has 1 atom stereocenters. The minimum Gasteiger partial charge on any atom is -0.507 e. The second-order valence-electron chi connectivity index (χ2n) is 13.4. The SMILES string of the molecule is CCC(C)(C)c1[c]c(C(C)c2cc(C(C)(C)CC)cc(C(C)(C)CC)c2O)cc(C(C)(C)CC)c1. The molecule has 0 bridgehead atoms. The number of phenols is 1. The first-order chi connectivity index (χ1) is 16.0. The zero-order chi connectivity index (χ0) is 27.0. The first kappa shape index (κ1) is 29.5. The van der Waals surface area contributed by atoms with Gasteiger partial charge in [-0.1, -0.05) is 114 Å². The minimum absolute atomic E-state index is 0.0475. The van der Waals surface area contributed by atoms with Crippen LogP contribution in [0, 0.1) is 6.07 Å². The Labute approximate surface area is 217 Å². The summed E-state index contributed by atoms with van der Waals surface area (Å²) in [5.41, 5.74) is 7.34. The van der Waals surface area contributed by atoms with Crippen LogP contribution in [0.4, 0.5) is 0 Å². The Morgan fingerprint density at radius 1 is 0.657 bits per heavy atom. The second-order valence-corrected chi connectivity index (χ2v) is 13.4. The third kappa shape index (κ3) is 5.98. The maximum absolute atomic E-state index is 11.7. The van der Waals surface area contributed by atoms with Gasteiger partial charge in [0.15, 0.2) is 0 Å². The van der Waals surface area contributed by atoms with Crippen molar-refractivity contribution in [1.82, 2.24) is 0 Å². The molecule has 1 N–H and O–H groups in total. The molecule has 195 valence electrons. The molecular formula is C34H53O. The second kappa shape index (κ2) is 10.3. The molecule has 1 heteroatoms. The van der Waals surface area contributed by atoms with Gasteiger partial charge in [0.1, 0.15) is 5.75 Å². The Bertz CT molecular complexity index is 985. The number of hydrogen-bond acceptors (Lipinski definition) is 1. The summed E-state index contributed by atoms with van der Waals surface area (Å²) in [7, 11) is 0. The predicted octanol–water partition coefficient (Wildman–Crippen LogP) is 10.1. The fourth-order valence-corrected chi connectivity index (χ4v) is 4.43. The van der Waals surface area contributed by atoms with Crippen molar-refractivity contribution in [3.63, 3.8) is 0 Å². The third-order valence-electron chi connectivity index (χ3n) is 9.52. The van der Waals surface area contributed by atoms with E-state index in [9.17, 15) is 5.11 Å². The van der Waals surface area contributed by atoms with Gasteiger partial charge < -0.3 is 5.11 Å². The van der Waals surface area contributed by atoms with E-state index >= 15 is 0 Å². The van der Waals surface area contributed by atoms with Crippen LogP contribution >= 0.6 is 0 Å². The lowest BCUT2D eigenvalue weighted by Crippen LogP contribution is -2.22. The summed E-state index contributed by atoms with van der Waals surface area (Å²) in [6.45, 7) is 29.7. The normalized spacial score (nSPS) is 14.3. The van der Waals surface area contributed by atoms with Gasteiger partial charge in [0.2, 0.25) is 0 Å². The lowest BCUT2D eigenvalue weighted by Gasteiger charge is -2.33. The van der Waals surface area contributed by atoms with Gasteiger partial charge >= 0.3 is 0 Å². The van der Waals surface area contributed by atoms with Crippen molar-refractivity contribution >= 4 is 0 Å². The largest absolute Gasteiger partial charge is 0.507 e. The predicted molar refractivity (Wildman–Crippen MR) is 154 cm³/mol. The van der Waals surface area contributed by atoms with Crippen LogP contribution in [0.15, 0.2) is 24.3 Å². The van der Waals surface area contributed by atoms with Crippen LogP contribution in [0.3, 0.4) is 0 Å². The highest BCUT2D eigenvalue weighted by molar-refractivity contribution is 5.53. The molecule has 0 saturated heterocycles. The first-order valence-electron chi connectivity index (χ1n) is 13.9. The number of hydrogen-bond donors (Lipinski definition) is 1. The van der Waals surface area contributed by atoms with E-state index in [1.165, 1.54) is 22.3 Å². The summed E-state index contributed by atoms with van der Waals surface area (Å²) < 4.78 is 0. The summed E-state index contributed by atoms with van der Waals surface area (Å²) >= 11 is 0. The molecule has 0 aliphatic rings. The summed E-state index contributed by atoms with van der Waals surface area (Å²) in [5, 5.41) is 11.7. The van der Waals surface area contributed by atoms with E-state index in [0.29, 0.717) is 5.75 Å². The van der Waals surface area contributed by atoms with Crippen LogP contribution in [-0.2, 0) is 21.7 Å². The summed E-state index contributed by atoms with van der Waals surface area (Å²) in [4.78, 5) is 0. The van der Waals surface area contributed by atoms with Crippen molar-refractivity contribution in [3.05, 3.63) is 63.7 Å². The number of benzene rings is 2. The van der Waals surface area contributed by atoms with Crippen LogP contribution < -0.4 is 0 Å². The van der Waals surface area contributed by atoms with Gasteiger partial charge in [-0.2, -0.15) is 0 Å². The third-order valence-corrected chi connectivity index (χ3v) is 9.52. The van der Waals surface area contributed by atoms with Crippen molar-refractivity contribution in [2.24, 2.45) is 0 Å². The number of rotatable bonds is 10. The van der Waals surface area contributed by atoms with Gasteiger partial charge in [-0.15, -0.1) is 0 Å². The zero-order valence-electron chi connectivity index (χ0n) is 25.2. The Kier molecular flexibility index (Phi) is 8.68. The molecule has 2 aromatic carbocycles. The Morgan fingerprint density at radius 3 is 1.57 bits per heavy atom. The lowest BCUT2D eigenvalue weighted by atomic mass is 9.72. The van der Waals surface area contributed by atoms with E-state index in [1.54, 1.807) is 0 Å². The maximum atomic E-state index is 11.7. The highest BCUT2D eigenvalue weighted by Crippen LogP contribution is 2.45. The van der Waals surface area contributed by atoms with Crippen molar-refractivity contribution < 1.29 is 5.11 Å². The van der Waals surface area contributed by atoms with E-state index in [-0.39, 0.29) is 27.6 Å². The zero-order valence-corrected chi connectivity index (χ0v) is 25.2. The average molecular weight is 478 g/mol. The molecule has 0 aliphatic carbocycles. The molecule has 1 radical (unpaired) electrons. The van der Waals surface area contributed by atoms with Crippen LogP contribution in [-0.4, -0.2) is 5.11 Å². The van der Waals surface area contributed by atoms with Crippen LogP contribution in [0.2, 0.25) is 0 Å². The molecule has 0 amide bonds. The summed E-state index contributed by atoms with van der Waals surface area (Å²) in [5.74, 6) is 0.512. The van der Waals surface area contributed by atoms with E-state index in [1.807, 2.05) is 0 Å². The molecule has 2 rings (SSSR count). The lowest BCUT2D eigenvalue weighted by molar-refractivity contribution is 0.418. The van der Waals surface area contributed by atoms with Crippen molar-refractivity contribution in [1.29, 1.82) is 0 Å². The number of phenolic OH excluding ortho intramolecular Hbond substituents is 1. The van der Waals surface area contributed by atoms with Gasteiger partial charge in [0.05, 0.1) is 0 Å². The molecule has 0 heterocycles. The van der Waals surface area contributed by atoms with Crippen LogP contribution in [0.5, 0.6) is 5.75 Å². The van der Waals surface area contributed by atoms with Gasteiger partial charge in [0, 0.05) is 17.0 Å². The first-order valence-corrected chi connectivity index (χ1v) is 13.9. The topological polar surface area (TPSA) is 20.2 Å². The summed E-state index contributed by atoms with van der Waals surface area (Å²) in [6.07, 6.45) is 4.18. The molecule has 0 spiro atoms. The number of aromatic hydroxyl groups is 1. The Morgan fingerprint density at radius 2 is 1.11 bits per heavy atom. The van der Waals surface area contributed by atoms with Gasteiger partial charge in [-0.25, -0.2) is 0 Å². The fourth-order valence-electron chi connectivity index (χ4n) is 4.43. The molecule has 0 aliphatic heterocycles. The molecule has 0 aromatic heterocycles. The van der Waals surface area contributed by atoms with Gasteiger partial charge in [-0.3, -0.25) is 0 Å². The van der Waals surface area contributed by atoms with Gasteiger partial charge in [0.25, 0.3) is 0 Å². The van der Waals surface area contributed by atoms with E-state index in [2.05, 4.69) is 120 Å². The quantitative estimate of drug-likeness (QED) is 0.361. The van der Waals surface area contributed by atoms with Crippen molar-refractivity contribution in [2.75, 3.05) is 0 Å². The Balaban J connectivity index is 2.87. The fraction of sp³-hybridized carbons (Fsp3) is 0.647. The molecule has 0 saturated carbocycles. The molecule has 0 fully saturated rings. The Hall–Kier alpha value is -1.76. The molecule has 2 aromatic rings. The van der Waals surface area contributed by atoms with E-state index in [0.717, 1.165) is 36.8 Å². The monoisotopic (exact) mass is 477 g/mol. The van der Waals surface area contributed by atoms with Crippen LogP contribution in [0.25, 0.3) is 0 Å². The molecule has 35 heavy (non-hydrogen) atoms. The van der Waals surface area contributed by atoms with E-state index in [4.69, 9.17) is 0 Å². The van der Waals surface area contributed by atoms with Crippen LogP contribution in [0.1, 0.15) is 155 Å². The minimum atomic E-state index is -0.0937. The average Bonchev–Trinajstić information content (AvgIpc) is 2.82. The maximum Gasteiger partial charge on any atom is 0.123 e. The molecule has 1 nitrogen and oxygen atoms in total. The molecular weight excluding hydrogens is 424 g/mol. The van der Waals surface area contributed by atoms with Crippen molar-refractivity contribution in [2.45, 2.75) is 143 Å². The smallest absolute Gasteiger partial charge is 0.123 e. The highest BCUT2D eigenvalue weighted by Gasteiger charge is 2.31. The van der Waals surface area contributed by atoms with Crippen molar-refractivity contribution in [3.8, 4) is 5.75 Å². The van der Waals surface area contributed by atoms with Gasteiger partial charge in [-0.05, 0) is 75.7 Å². The van der Waals surface area contributed by atoms with E-state index < -0.39 is 0 Å². The highest BCUT2D eigenvalue weighted by atomic mass is 16.3. The molecule has 1 unspecified atom stereocenters. The summed E-state index contributed by atoms with van der Waals surface area (Å²) in [6, 6.07) is 13.1.